The van der Waals surface area contributed by atoms with Crippen LogP contribution in [0.25, 0.3) is 21.6 Å². The van der Waals surface area contributed by atoms with Crippen molar-refractivity contribution in [1.29, 1.82) is 0 Å². The first-order valence-electron chi connectivity index (χ1n) is 12.9. The first-order chi connectivity index (χ1) is 18.7. The maximum Gasteiger partial charge on any atom is 1.00 e. The minimum Gasteiger partial charge on any atom is -0.448 e. The smallest absolute Gasteiger partial charge is 0.448 e. The van der Waals surface area contributed by atoms with Gasteiger partial charge in [-0.1, -0.05) is 64.8 Å². The Labute approximate surface area is 273 Å². The molecule has 1 heterocycles. The molecule has 1 aliphatic carbocycles. The van der Waals surface area contributed by atoms with E-state index in [0.717, 1.165) is 22.3 Å². The van der Waals surface area contributed by atoms with Crippen molar-refractivity contribution in [3.63, 3.8) is 0 Å². The maximum atomic E-state index is 13.8. The molecule has 40 heavy (non-hydrogen) atoms. The molecule has 3 aromatic rings. The van der Waals surface area contributed by atoms with E-state index in [0.29, 0.717) is 31.7 Å². The Morgan fingerprint density at radius 3 is 2.12 bits per heavy atom. The third kappa shape index (κ3) is 6.13. The fourth-order valence-corrected chi connectivity index (χ4v) is 5.80. The summed E-state index contributed by atoms with van der Waals surface area (Å²) in [4.78, 5) is 19.3. The minimum atomic E-state index is -5.27. The van der Waals surface area contributed by atoms with Crippen molar-refractivity contribution < 1.29 is 73.9 Å². The molecule has 1 saturated heterocycles. The second-order valence-electron chi connectivity index (χ2n) is 10.0. The summed E-state index contributed by atoms with van der Waals surface area (Å²) < 4.78 is 47.3. The number of hydrogen-bond donors (Lipinski definition) is 0. The normalized spacial score (nSPS) is 15.1. The van der Waals surface area contributed by atoms with Crippen molar-refractivity contribution in [3.8, 4) is 11.1 Å². The Kier molecular flexibility index (Phi) is 9.72. The Balaban J connectivity index is 0.00000370. The second kappa shape index (κ2) is 12.7. The molecule has 3 aromatic carbocycles. The molecule has 0 unspecified atom stereocenters. The average molecular weight is 573 g/mol. The Bertz CT molecular complexity index is 1430. The summed E-state index contributed by atoms with van der Waals surface area (Å²) in [5.41, 5.74) is 13.3. The molecular weight excluding hydrogens is 545 g/mol. The van der Waals surface area contributed by atoms with Crippen LogP contribution >= 0.6 is 0 Å². The first kappa shape index (κ1) is 30.6. The van der Waals surface area contributed by atoms with Gasteiger partial charge in [0.15, 0.2) is 0 Å². The van der Waals surface area contributed by atoms with E-state index in [-0.39, 0.29) is 87.3 Å². The van der Waals surface area contributed by atoms with E-state index in [1.54, 1.807) is 4.90 Å². The average Bonchev–Trinajstić information content (AvgIpc) is 3.23. The van der Waals surface area contributed by atoms with Gasteiger partial charge in [0.25, 0.3) is 0 Å². The van der Waals surface area contributed by atoms with Gasteiger partial charge in [0.2, 0.25) is 0 Å². The molecule has 5 rings (SSSR count). The predicted molar refractivity (Wildman–Crippen MR) is 145 cm³/mol. The van der Waals surface area contributed by atoms with Gasteiger partial charge in [-0.2, -0.15) is 0 Å². The molecule has 12 heteroatoms. The molecule has 1 amide bonds. The van der Waals surface area contributed by atoms with E-state index in [4.69, 9.17) is 10.3 Å². The third-order valence-corrected chi connectivity index (χ3v) is 7.83. The monoisotopic (exact) mass is 573 g/mol. The third-order valence-electron chi connectivity index (χ3n) is 7.83. The Hall–Kier alpha value is -2.31. The molecule has 1 fully saturated rings. The topological polar surface area (TPSA) is 81.5 Å². The van der Waals surface area contributed by atoms with Gasteiger partial charge in [-0.3, -0.25) is 4.90 Å². The molecule has 0 bridgehead atoms. The molecule has 0 spiro atoms. The quantitative estimate of drug-likeness (QED) is 0.196. The zero-order chi connectivity index (χ0) is 27.7. The minimum absolute atomic E-state index is 0. The van der Waals surface area contributed by atoms with Gasteiger partial charge in [0.1, 0.15) is 6.61 Å². The number of halogens is 3. The fraction of sp³-hybridized carbons (Fsp3) is 0.321. The van der Waals surface area contributed by atoms with Crippen molar-refractivity contribution >= 4 is 24.2 Å². The zero-order valence-electron chi connectivity index (χ0n) is 22.8. The number of rotatable bonds is 6. The van der Waals surface area contributed by atoms with E-state index >= 15 is 0 Å². The summed E-state index contributed by atoms with van der Waals surface area (Å²) in [6.07, 6.45) is -0.393. The number of benzene rings is 3. The number of piperazine rings is 1. The standard InChI is InChI=1S/C28H28BF3N5O2.K/c1-18-20(15-26(34-35-33)19(2)27(18)29(30,31)32)16-36-11-13-37(14-12-36)28(38)39-17-25-23-9-5-3-7-21(23)22-8-4-6-10-24(22)25;/h3-10,15,25H,11-14,16-17H2,1-2H3;/q-1;+1. The van der Waals surface area contributed by atoms with E-state index in [1.807, 2.05) is 29.2 Å². The largest absolute Gasteiger partial charge is 1.00 e. The number of ether oxygens (including phenoxy) is 1. The summed E-state index contributed by atoms with van der Waals surface area (Å²) >= 11 is 0. The van der Waals surface area contributed by atoms with Crippen LogP contribution < -0.4 is 56.8 Å². The number of carbonyl (C=O) groups is 1. The SMILES string of the molecule is Cc1c(CN2CCN(C(=O)OCC3c4ccccc4-c4ccccc43)CC2)cc(N=[N+]=[N-])c(C)c1[B-](F)(F)F.[K+]. The van der Waals surface area contributed by atoms with Crippen molar-refractivity contribution in [3.05, 3.63) is 92.9 Å². The van der Waals surface area contributed by atoms with Crippen molar-refractivity contribution in [1.82, 2.24) is 9.80 Å². The summed E-state index contributed by atoms with van der Waals surface area (Å²) in [7, 11) is 0. The van der Waals surface area contributed by atoms with E-state index in [2.05, 4.69) is 34.3 Å². The number of amides is 1. The molecule has 7 nitrogen and oxygen atoms in total. The molecule has 0 atom stereocenters. The van der Waals surface area contributed by atoms with Crippen LogP contribution in [-0.4, -0.2) is 55.7 Å². The van der Waals surface area contributed by atoms with Crippen LogP contribution in [0.3, 0.4) is 0 Å². The van der Waals surface area contributed by atoms with Gasteiger partial charge in [-0.05, 0) is 53.3 Å². The Morgan fingerprint density at radius 2 is 1.57 bits per heavy atom. The van der Waals surface area contributed by atoms with Crippen LogP contribution in [0.5, 0.6) is 0 Å². The molecule has 0 radical (unpaired) electrons. The van der Waals surface area contributed by atoms with Gasteiger partial charge in [0.05, 0.1) is 0 Å². The molecule has 2 aliphatic rings. The fourth-order valence-electron chi connectivity index (χ4n) is 5.80. The van der Waals surface area contributed by atoms with Crippen LogP contribution in [0, 0.1) is 13.8 Å². The van der Waals surface area contributed by atoms with Gasteiger partial charge in [-0.25, -0.2) is 4.79 Å². The summed E-state index contributed by atoms with van der Waals surface area (Å²) in [5.74, 6) is -0.0261. The Morgan fingerprint density at radius 1 is 1.00 bits per heavy atom. The number of carbonyl (C=O) groups excluding carboxylic acids is 1. The second-order valence-corrected chi connectivity index (χ2v) is 10.0. The van der Waals surface area contributed by atoms with Crippen molar-refractivity contribution in [2.24, 2.45) is 5.11 Å². The number of fused-ring (bicyclic) bond motifs is 3. The van der Waals surface area contributed by atoms with Crippen LogP contribution in [-0.2, 0) is 11.3 Å². The first-order valence-corrected chi connectivity index (χ1v) is 12.9. The number of nitrogens with zero attached hydrogens (tertiary/aromatic N) is 5. The van der Waals surface area contributed by atoms with E-state index < -0.39 is 18.5 Å². The van der Waals surface area contributed by atoms with Crippen molar-refractivity contribution in [2.75, 3.05) is 32.8 Å². The van der Waals surface area contributed by atoms with Crippen LogP contribution in [0.1, 0.15) is 33.7 Å². The van der Waals surface area contributed by atoms with Crippen molar-refractivity contribution in [2.45, 2.75) is 26.3 Å². The van der Waals surface area contributed by atoms with Gasteiger partial charge < -0.3 is 22.6 Å². The molecular formula is C28H28BF3KN5O2. The summed E-state index contributed by atoms with van der Waals surface area (Å²) in [6, 6.07) is 17.8. The molecule has 1 aliphatic heterocycles. The molecule has 202 valence electrons. The molecule has 0 N–H and O–H groups in total. The van der Waals surface area contributed by atoms with Gasteiger partial charge in [0, 0.05) is 49.2 Å². The molecule has 0 saturated carbocycles. The zero-order valence-corrected chi connectivity index (χ0v) is 25.9. The summed E-state index contributed by atoms with van der Waals surface area (Å²) in [5, 5.41) is 3.49. The number of azide groups is 1. The van der Waals surface area contributed by atoms with Gasteiger partial charge >= 0.3 is 64.5 Å². The van der Waals surface area contributed by atoms with Crippen LogP contribution in [0.2, 0.25) is 0 Å². The van der Waals surface area contributed by atoms with E-state index in [9.17, 15) is 17.7 Å². The van der Waals surface area contributed by atoms with Crippen LogP contribution in [0.4, 0.5) is 23.4 Å². The number of hydrogen-bond acceptors (Lipinski definition) is 4. The summed E-state index contributed by atoms with van der Waals surface area (Å²) in [6.45, 7) is -0.205. The van der Waals surface area contributed by atoms with Gasteiger partial charge in [-0.15, -0.1) is 5.46 Å². The van der Waals surface area contributed by atoms with Crippen LogP contribution in [0.15, 0.2) is 59.7 Å². The predicted octanol–water partition coefficient (Wildman–Crippen LogP) is 3.37. The van der Waals surface area contributed by atoms with E-state index in [1.165, 1.54) is 19.9 Å². The maximum absolute atomic E-state index is 13.8. The molecule has 0 aromatic heterocycles.